The van der Waals surface area contributed by atoms with E-state index in [9.17, 15) is 0 Å². The van der Waals surface area contributed by atoms with E-state index in [1.165, 1.54) is 6.33 Å². The quantitative estimate of drug-likeness (QED) is 0.688. The van der Waals surface area contributed by atoms with Crippen molar-refractivity contribution in [2.24, 2.45) is 5.73 Å². The van der Waals surface area contributed by atoms with Gasteiger partial charge >= 0.3 is 0 Å². The molecular formula is C8H14N4. The summed E-state index contributed by atoms with van der Waals surface area (Å²) in [7, 11) is 3.98. The molecule has 1 aromatic heterocycles. The van der Waals surface area contributed by atoms with E-state index in [-0.39, 0.29) is 6.04 Å². The molecule has 66 valence electrons. The van der Waals surface area contributed by atoms with Crippen LogP contribution >= 0.6 is 0 Å². The van der Waals surface area contributed by atoms with Gasteiger partial charge in [0.25, 0.3) is 0 Å². The lowest BCUT2D eigenvalue weighted by molar-refractivity contribution is 0.305. The molecule has 0 saturated carbocycles. The Morgan fingerprint density at radius 1 is 1.42 bits per heavy atom. The highest BCUT2D eigenvalue weighted by molar-refractivity contribution is 5.09. The van der Waals surface area contributed by atoms with Crippen molar-refractivity contribution in [2.75, 3.05) is 20.6 Å². The molecule has 1 rings (SSSR count). The Labute approximate surface area is 72.4 Å². The number of likely N-dealkylation sites (N-methyl/N-ethyl adjacent to an activating group) is 1. The minimum absolute atomic E-state index is 0.214. The molecule has 1 heterocycles. The van der Waals surface area contributed by atoms with E-state index in [4.69, 9.17) is 5.73 Å². The standard InChI is InChI=1S/C8H14N4/c1-12(2)8(3-9)7-4-10-6-11-5-7/h4-6,8H,3,9H2,1-2H3. The van der Waals surface area contributed by atoms with Gasteiger partial charge in [0.15, 0.2) is 0 Å². The maximum absolute atomic E-state index is 5.61. The van der Waals surface area contributed by atoms with Gasteiger partial charge in [-0.25, -0.2) is 9.97 Å². The third-order valence-corrected chi connectivity index (χ3v) is 1.81. The zero-order valence-corrected chi connectivity index (χ0v) is 7.44. The van der Waals surface area contributed by atoms with Crippen molar-refractivity contribution in [3.05, 3.63) is 24.3 Å². The van der Waals surface area contributed by atoms with E-state index in [0.29, 0.717) is 6.54 Å². The van der Waals surface area contributed by atoms with Crippen molar-refractivity contribution in [1.82, 2.24) is 14.9 Å². The van der Waals surface area contributed by atoms with Crippen molar-refractivity contribution in [2.45, 2.75) is 6.04 Å². The van der Waals surface area contributed by atoms with Gasteiger partial charge in [-0.3, -0.25) is 0 Å². The minimum atomic E-state index is 0.214. The summed E-state index contributed by atoms with van der Waals surface area (Å²) in [6, 6.07) is 0.214. The van der Waals surface area contributed by atoms with E-state index in [1.807, 2.05) is 14.1 Å². The van der Waals surface area contributed by atoms with Crippen LogP contribution < -0.4 is 5.73 Å². The molecule has 2 N–H and O–H groups in total. The summed E-state index contributed by atoms with van der Waals surface area (Å²) < 4.78 is 0. The molecule has 1 atom stereocenters. The van der Waals surface area contributed by atoms with Crippen LogP contribution in [-0.4, -0.2) is 35.5 Å². The molecule has 1 aromatic rings. The van der Waals surface area contributed by atoms with Gasteiger partial charge in [0.2, 0.25) is 0 Å². The van der Waals surface area contributed by atoms with Gasteiger partial charge in [0, 0.05) is 30.5 Å². The van der Waals surface area contributed by atoms with Gasteiger partial charge in [-0.2, -0.15) is 0 Å². The summed E-state index contributed by atoms with van der Waals surface area (Å²) in [6.07, 6.45) is 5.11. The molecule has 0 radical (unpaired) electrons. The number of hydrogen-bond donors (Lipinski definition) is 1. The van der Waals surface area contributed by atoms with Gasteiger partial charge in [-0.1, -0.05) is 0 Å². The summed E-state index contributed by atoms with van der Waals surface area (Å²) in [4.78, 5) is 9.94. The van der Waals surface area contributed by atoms with Crippen molar-refractivity contribution >= 4 is 0 Å². The Kier molecular flexibility index (Phi) is 3.13. The van der Waals surface area contributed by atoms with Crippen molar-refractivity contribution < 1.29 is 0 Å². The lowest BCUT2D eigenvalue weighted by atomic mass is 10.1. The average Bonchev–Trinajstić information content (AvgIpc) is 2.07. The Bertz CT molecular complexity index is 222. The second-order valence-electron chi connectivity index (χ2n) is 2.89. The number of aromatic nitrogens is 2. The van der Waals surface area contributed by atoms with E-state index in [1.54, 1.807) is 12.4 Å². The van der Waals surface area contributed by atoms with E-state index >= 15 is 0 Å². The third-order valence-electron chi connectivity index (χ3n) is 1.81. The van der Waals surface area contributed by atoms with Crippen LogP contribution in [0.3, 0.4) is 0 Å². The Balaban J connectivity index is 2.80. The van der Waals surface area contributed by atoms with Crippen LogP contribution in [0.5, 0.6) is 0 Å². The Morgan fingerprint density at radius 2 is 2.00 bits per heavy atom. The molecule has 0 aliphatic heterocycles. The molecule has 0 fully saturated rings. The Hall–Kier alpha value is -1.00. The first kappa shape index (κ1) is 9.09. The zero-order valence-electron chi connectivity index (χ0n) is 7.44. The maximum atomic E-state index is 5.61. The first-order valence-corrected chi connectivity index (χ1v) is 3.87. The largest absolute Gasteiger partial charge is 0.329 e. The highest BCUT2D eigenvalue weighted by atomic mass is 15.1. The lowest BCUT2D eigenvalue weighted by Gasteiger charge is -2.21. The summed E-state index contributed by atoms with van der Waals surface area (Å²) in [5.41, 5.74) is 6.67. The maximum Gasteiger partial charge on any atom is 0.115 e. The average molecular weight is 166 g/mol. The molecule has 0 aliphatic rings. The topological polar surface area (TPSA) is 55.0 Å². The molecule has 0 aromatic carbocycles. The first-order valence-electron chi connectivity index (χ1n) is 3.87. The molecule has 1 unspecified atom stereocenters. The summed E-state index contributed by atoms with van der Waals surface area (Å²) in [5.74, 6) is 0. The van der Waals surface area contributed by atoms with Gasteiger partial charge in [-0.15, -0.1) is 0 Å². The van der Waals surface area contributed by atoms with Crippen LogP contribution in [0, 0.1) is 0 Å². The number of nitrogens with two attached hydrogens (primary N) is 1. The van der Waals surface area contributed by atoms with Crippen molar-refractivity contribution in [1.29, 1.82) is 0 Å². The predicted octanol–water partition coefficient (Wildman–Crippen LogP) is 0.0380. The zero-order chi connectivity index (χ0) is 8.97. The van der Waals surface area contributed by atoms with Gasteiger partial charge in [0.05, 0.1) is 0 Å². The van der Waals surface area contributed by atoms with Crippen LogP contribution in [0.2, 0.25) is 0 Å². The molecule has 0 amide bonds. The molecule has 4 nitrogen and oxygen atoms in total. The first-order chi connectivity index (χ1) is 5.75. The molecule has 0 saturated heterocycles. The molecule has 12 heavy (non-hydrogen) atoms. The van der Waals surface area contributed by atoms with Gasteiger partial charge in [0.1, 0.15) is 6.33 Å². The van der Waals surface area contributed by atoms with Gasteiger partial charge < -0.3 is 10.6 Å². The predicted molar refractivity (Wildman–Crippen MR) is 47.5 cm³/mol. The molecular weight excluding hydrogens is 152 g/mol. The second-order valence-corrected chi connectivity index (χ2v) is 2.89. The summed E-state index contributed by atoms with van der Waals surface area (Å²) in [5, 5.41) is 0. The number of hydrogen-bond acceptors (Lipinski definition) is 4. The lowest BCUT2D eigenvalue weighted by Crippen LogP contribution is -2.27. The molecule has 0 spiro atoms. The van der Waals surface area contributed by atoms with Crippen LogP contribution in [0.25, 0.3) is 0 Å². The molecule has 0 aliphatic carbocycles. The fourth-order valence-electron chi connectivity index (χ4n) is 1.13. The highest BCUT2D eigenvalue weighted by Gasteiger charge is 2.11. The molecule has 0 bridgehead atoms. The molecule has 4 heteroatoms. The highest BCUT2D eigenvalue weighted by Crippen LogP contribution is 2.13. The van der Waals surface area contributed by atoms with E-state index in [2.05, 4.69) is 14.9 Å². The number of nitrogens with zero attached hydrogens (tertiary/aromatic N) is 3. The second kappa shape index (κ2) is 4.13. The summed E-state index contributed by atoms with van der Waals surface area (Å²) >= 11 is 0. The van der Waals surface area contributed by atoms with Crippen LogP contribution in [0.4, 0.5) is 0 Å². The SMILES string of the molecule is CN(C)C(CN)c1cncnc1. The van der Waals surface area contributed by atoms with Crippen molar-refractivity contribution in [3.8, 4) is 0 Å². The van der Waals surface area contributed by atoms with Gasteiger partial charge in [-0.05, 0) is 14.1 Å². The van der Waals surface area contributed by atoms with E-state index < -0.39 is 0 Å². The normalized spacial score (nSPS) is 13.3. The van der Waals surface area contributed by atoms with Crippen LogP contribution in [-0.2, 0) is 0 Å². The fraction of sp³-hybridized carbons (Fsp3) is 0.500. The summed E-state index contributed by atoms with van der Waals surface area (Å²) in [6.45, 7) is 0.584. The number of rotatable bonds is 3. The van der Waals surface area contributed by atoms with E-state index in [0.717, 1.165) is 5.56 Å². The smallest absolute Gasteiger partial charge is 0.115 e. The van der Waals surface area contributed by atoms with Crippen LogP contribution in [0.1, 0.15) is 11.6 Å². The fourth-order valence-corrected chi connectivity index (χ4v) is 1.13. The van der Waals surface area contributed by atoms with Crippen molar-refractivity contribution in [3.63, 3.8) is 0 Å². The van der Waals surface area contributed by atoms with Crippen LogP contribution in [0.15, 0.2) is 18.7 Å². The minimum Gasteiger partial charge on any atom is -0.329 e. The Morgan fingerprint density at radius 3 is 2.42 bits per heavy atom. The third kappa shape index (κ3) is 1.99. The monoisotopic (exact) mass is 166 g/mol.